The fourth-order valence-electron chi connectivity index (χ4n) is 5.87. The molecular weight excluding hydrogens is 486 g/mol. The Morgan fingerprint density at radius 1 is 1.05 bits per heavy atom. The average Bonchev–Trinajstić information content (AvgIpc) is 3.58. The molecule has 0 spiro atoms. The molecule has 1 N–H and O–H groups in total. The van der Waals surface area contributed by atoms with Crippen molar-refractivity contribution < 1.29 is 13.2 Å². The van der Waals surface area contributed by atoms with Gasteiger partial charge in [0.15, 0.2) is 9.84 Å². The zero-order valence-electron chi connectivity index (χ0n) is 20.8. The summed E-state index contributed by atoms with van der Waals surface area (Å²) in [6, 6.07) is 16.6. The predicted octanol–water partition coefficient (Wildman–Crippen LogP) is 3.68. The van der Waals surface area contributed by atoms with Crippen LogP contribution in [0.1, 0.15) is 50.1 Å². The summed E-state index contributed by atoms with van der Waals surface area (Å²) in [7, 11) is -2.93. The highest BCUT2D eigenvalue weighted by molar-refractivity contribution is 7.91. The zero-order chi connectivity index (χ0) is 25.6. The Labute approximate surface area is 217 Å². The third-order valence-corrected chi connectivity index (χ3v) is 9.82. The van der Waals surface area contributed by atoms with Crippen LogP contribution in [0.3, 0.4) is 0 Å². The Balaban J connectivity index is 1.35. The van der Waals surface area contributed by atoms with Crippen LogP contribution in [0.15, 0.2) is 48.7 Å². The summed E-state index contributed by atoms with van der Waals surface area (Å²) < 4.78 is 25.6. The summed E-state index contributed by atoms with van der Waals surface area (Å²) in [5.74, 6) is 0.112. The van der Waals surface area contributed by atoms with Gasteiger partial charge >= 0.3 is 0 Å². The van der Waals surface area contributed by atoms with Crippen LogP contribution >= 0.6 is 0 Å². The van der Waals surface area contributed by atoms with Gasteiger partial charge in [0, 0.05) is 42.4 Å². The molecule has 8 nitrogen and oxygen atoms in total. The maximum Gasteiger partial charge on any atom is 0.225 e. The maximum absolute atomic E-state index is 13.4. The molecule has 2 aliphatic carbocycles. The van der Waals surface area contributed by atoms with Crippen LogP contribution in [0, 0.1) is 17.2 Å². The highest BCUT2D eigenvalue weighted by atomic mass is 32.2. The van der Waals surface area contributed by atoms with Gasteiger partial charge in [0.1, 0.15) is 5.54 Å². The number of anilines is 1. The van der Waals surface area contributed by atoms with Gasteiger partial charge < -0.3 is 10.2 Å². The van der Waals surface area contributed by atoms with Gasteiger partial charge in [0.2, 0.25) is 5.91 Å². The second-order valence-corrected chi connectivity index (χ2v) is 13.0. The molecule has 1 amide bonds. The molecule has 6 rings (SSSR count). The van der Waals surface area contributed by atoms with E-state index >= 15 is 0 Å². The number of nitrogens with zero attached hydrogens (tertiary/aromatic N) is 4. The monoisotopic (exact) mass is 517 g/mol. The van der Waals surface area contributed by atoms with E-state index in [-0.39, 0.29) is 29.2 Å². The molecule has 1 saturated heterocycles. The molecule has 1 aliphatic heterocycles. The lowest BCUT2D eigenvalue weighted by Gasteiger charge is -2.31. The number of nitrogens with one attached hydrogen (secondary N) is 1. The number of hydrogen-bond donors (Lipinski definition) is 1. The summed E-state index contributed by atoms with van der Waals surface area (Å²) in [5, 5.41) is 17.5. The zero-order valence-corrected chi connectivity index (χ0v) is 21.6. The van der Waals surface area contributed by atoms with Crippen LogP contribution in [-0.2, 0) is 14.6 Å². The molecule has 3 fully saturated rings. The second kappa shape index (κ2) is 9.18. The number of sulfone groups is 1. The first-order valence-corrected chi connectivity index (χ1v) is 15.0. The van der Waals surface area contributed by atoms with Crippen molar-refractivity contribution in [1.29, 1.82) is 5.26 Å². The molecule has 0 bridgehead atoms. The second-order valence-electron chi connectivity index (χ2n) is 10.7. The Morgan fingerprint density at radius 2 is 1.78 bits per heavy atom. The number of nitriles is 1. The van der Waals surface area contributed by atoms with Crippen molar-refractivity contribution in [3.05, 3.63) is 54.4 Å². The standard InChI is InChI=1S/C28H31N5O3S/c29-19-28(12-13-28)30-27(34)23-6-2-1-5-22(23)26-25(24-7-3-4-14-33(24)31-26)20-8-10-21(11-9-20)32-15-17-37(35,36)18-16-32/h3-4,7-11,14,22-23H,1-2,5-6,12-13,15-18H2,(H,30,34). The number of fused-ring (bicyclic) bond motifs is 1. The van der Waals surface area contributed by atoms with Crippen molar-refractivity contribution in [1.82, 2.24) is 14.9 Å². The van der Waals surface area contributed by atoms with Crippen LogP contribution in [0.4, 0.5) is 5.69 Å². The van der Waals surface area contributed by atoms with E-state index in [9.17, 15) is 18.5 Å². The number of aromatic nitrogens is 2. The predicted molar refractivity (Wildman–Crippen MR) is 142 cm³/mol. The van der Waals surface area contributed by atoms with Crippen molar-refractivity contribution in [2.24, 2.45) is 5.92 Å². The van der Waals surface area contributed by atoms with Gasteiger partial charge in [-0.15, -0.1) is 0 Å². The minimum atomic E-state index is -2.93. The third-order valence-electron chi connectivity index (χ3n) is 8.21. The van der Waals surface area contributed by atoms with Gasteiger partial charge in [-0.25, -0.2) is 12.9 Å². The van der Waals surface area contributed by atoms with Crippen molar-refractivity contribution in [3.8, 4) is 17.2 Å². The van der Waals surface area contributed by atoms with Gasteiger partial charge in [-0.3, -0.25) is 4.79 Å². The lowest BCUT2D eigenvalue weighted by atomic mass is 9.75. The summed E-state index contributed by atoms with van der Waals surface area (Å²) >= 11 is 0. The number of rotatable bonds is 5. The van der Waals surface area contributed by atoms with Crippen LogP contribution in [0.2, 0.25) is 0 Å². The highest BCUT2D eigenvalue weighted by Gasteiger charge is 2.47. The van der Waals surface area contributed by atoms with Crippen LogP contribution in [-0.4, -0.2) is 54.1 Å². The largest absolute Gasteiger partial charge is 0.369 e. The minimum absolute atomic E-state index is 0.0230. The van der Waals surface area contributed by atoms with Gasteiger partial charge in [0.25, 0.3) is 0 Å². The number of amides is 1. The average molecular weight is 518 g/mol. The molecule has 192 valence electrons. The lowest BCUT2D eigenvalue weighted by Crippen LogP contribution is -2.42. The van der Waals surface area contributed by atoms with E-state index in [1.807, 2.05) is 22.8 Å². The first kappa shape index (κ1) is 24.0. The molecule has 2 aromatic heterocycles. The van der Waals surface area contributed by atoms with E-state index < -0.39 is 15.4 Å². The van der Waals surface area contributed by atoms with Crippen molar-refractivity contribution in [2.75, 3.05) is 29.5 Å². The summed E-state index contributed by atoms with van der Waals surface area (Å²) in [4.78, 5) is 15.5. The molecule has 1 aromatic carbocycles. The topological polar surface area (TPSA) is 108 Å². The lowest BCUT2D eigenvalue weighted by molar-refractivity contribution is -0.127. The molecule has 2 saturated carbocycles. The van der Waals surface area contributed by atoms with Gasteiger partial charge in [-0.2, -0.15) is 10.4 Å². The molecular formula is C28H31N5O3S. The smallest absolute Gasteiger partial charge is 0.225 e. The quantitative estimate of drug-likeness (QED) is 0.553. The number of carbonyl (C=O) groups excluding carboxylic acids is 1. The van der Waals surface area contributed by atoms with Gasteiger partial charge in [0.05, 0.1) is 28.8 Å². The first-order chi connectivity index (χ1) is 17.9. The van der Waals surface area contributed by atoms with E-state index in [1.54, 1.807) is 0 Å². The fourth-order valence-corrected chi connectivity index (χ4v) is 7.07. The summed E-state index contributed by atoms with van der Waals surface area (Å²) in [6.45, 7) is 1.01. The molecule has 3 aromatic rings. The molecule has 2 unspecified atom stereocenters. The minimum Gasteiger partial charge on any atom is -0.369 e. The number of hydrogen-bond acceptors (Lipinski definition) is 6. The van der Waals surface area contributed by atoms with E-state index in [2.05, 4.69) is 46.6 Å². The molecule has 3 aliphatic rings. The third kappa shape index (κ3) is 4.59. The summed E-state index contributed by atoms with van der Waals surface area (Å²) in [5.41, 5.74) is 4.34. The number of carbonyl (C=O) groups is 1. The van der Waals surface area contributed by atoms with Crippen LogP contribution < -0.4 is 10.2 Å². The molecule has 3 heterocycles. The van der Waals surface area contributed by atoms with E-state index in [1.165, 1.54) is 0 Å². The van der Waals surface area contributed by atoms with E-state index in [4.69, 9.17) is 5.10 Å². The first-order valence-electron chi connectivity index (χ1n) is 13.1. The van der Waals surface area contributed by atoms with Crippen molar-refractivity contribution >= 4 is 26.9 Å². The van der Waals surface area contributed by atoms with Crippen LogP contribution in [0.25, 0.3) is 16.6 Å². The van der Waals surface area contributed by atoms with Gasteiger partial charge in [-0.05, 0) is 55.5 Å². The summed E-state index contributed by atoms with van der Waals surface area (Å²) in [6.07, 6.45) is 7.11. The molecule has 2 atom stereocenters. The number of pyridine rings is 1. The Bertz CT molecular complexity index is 1470. The Hall–Kier alpha value is -3.38. The van der Waals surface area contributed by atoms with Gasteiger partial charge in [-0.1, -0.05) is 31.0 Å². The van der Waals surface area contributed by atoms with Crippen LogP contribution in [0.5, 0.6) is 0 Å². The number of benzene rings is 1. The van der Waals surface area contributed by atoms with E-state index in [0.29, 0.717) is 13.1 Å². The van der Waals surface area contributed by atoms with E-state index in [0.717, 1.165) is 66.5 Å². The molecule has 9 heteroatoms. The molecule has 0 radical (unpaired) electrons. The fraction of sp³-hybridized carbons (Fsp3) is 0.464. The highest BCUT2D eigenvalue weighted by Crippen LogP contribution is 2.44. The Morgan fingerprint density at radius 3 is 2.49 bits per heavy atom. The Kier molecular flexibility index (Phi) is 5.95. The molecule has 37 heavy (non-hydrogen) atoms. The SMILES string of the molecule is N#CC1(NC(=O)C2CCCCC2c2nn3ccccc3c2-c2ccc(N3CCS(=O)(=O)CC3)cc2)CC1. The normalized spacial score (nSPS) is 24.4. The maximum atomic E-state index is 13.4. The van der Waals surface area contributed by atoms with Crippen molar-refractivity contribution in [3.63, 3.8) is 0 Å². The van der Waals surface area contributed by atoms with Crippen molar-refractivity contribution in [2.45, 2.75) is 50.0 Å².